The van der Waals surface area contributed by atoms with Crippen molar-refractivity contribution in [2.45, 2.75) is 56.6 Å². The Balaban J connectivity index is 1.71. The highest BCUT2D eigenvalue weighted by Crippen LogP contribution is 2.32. The molecule has 0 unspecified atom stereocenters. The van der Waals surface area contributed by atoms with E-state index in [9.17, 15) is 8.42 Å². The van der Waals surface area contributed by atoms with Crippen LogP contribution in [0, 0.1) is 6.92 Å². The van der Waals surface area contributed by atoms with Gasteiger partial charge < -0.3 is 0 Å². The number of sulfonamides is 1. The molecule has 5 nitrogen and oxygen atoms in total. The van der Waals surface area contributed by atoms with Crippen LogP contribution in [0.3, 0.4) is 0 Å². The molecule has 2 fully saturated rings. The summed E-state index contributed by atoms with van der Waals surface area (Å²) in [6.07, 6.45) is 7.50. The van der Waals surface area contributed by atoms with E-state index >= 15 is 0 Å². The predicted molar refractivity (Wildman–Crippen MR) is 81.5 cm³/mol. The van der Waals surface area contributed by atoms with Gasteiger partial charge in [-0.3, -0.25) is 0 Å². The summed E-state index contributed by atoms with van der Waals surface area (Å²) in [4.78, 5) is 8.77. The average molecular weight is 309 g/mol. The molecule has 1 aliphatic carbocycles. The van der Waals surface area contributed by atoms with E-state index in [1.54, 1.807) is 10.5 Å². The second kappa shape index (κ2) is 6.01. The van der Waals surface area contributed by atoms with Gasteiger partial charge in [-0.15, -0.1) is 0 Å². The van der Waals surface area contributed by atoms with E-state index in [0.717, 1.165) is 43.6 Å². The quantitative estimate of drug-likeness (QED) is 0.859. The molecule has 21 heavy (non-hydrogen) atoms. The Kier molecular flexibility index (Phi) is 4.26. The fraction of sp³-hybridized carbons (Fsp3) is 0.733. The predicted octanol–water partition coefficient (Wildman–Crippen LogP) is 2.24. The van der Waals surface area contributed by atoms with E-state index in [2.05, 4.69) is 9.97 Å². The first-order valence-corrected chi connectivity index (χ1v) is 9.36. The van der Waals surface area contributed by atoms with Crippen LogP contribution in [0.5, 0.6) is 0 Å². The summed E-state index contributed by atoms with van der Waals surface area (Å²) in [7, 11) is -3.14. The summed E-state index contributed by atoms with van der Waals surface area (Å²) in [6, 6.07) is 1.87. The Morgan fingerprint density at radius 2 is 1.95 bits per heavy atom. The zero-order chi connectivity index (χ0) is 14.9. The van der Waals surface area contributed by atoms with Gasteiger partial charge in [-0.2, -0.15) is 0 Å². The number of hydrogen-bond donors (Lipinski definition) is 0. The molecule has 3 rings (SSSR count). The standard InChI is InChI=1S/C15H23N3O2S/c1-12-7-9-16-15(17-12)13-8-10-18(11-13)21(19,20)14-5-3-2-4-6-14/h7,9,13-14H,2-6,8,10-11H2,1H3/t13-/m1/s1. The molecule has 0 radical (unpaired) electrons. The molecule has 0 bridgehead atoms. The van der Waals surface area contributed by atoms with Crippen molar-refractivity contribution in [3.05, 3.63) is 23.8 Å². The first-order chi connectivity index (χ1) is 10.1. The fourth-order valence-corrected chi connectivity index (χ4v) is 5.51. The Labute approximate surface area is 126 Å². The summed E-state index contributed by atoms with van der Waals surface area (Å²) in [6.45, 7) is 3.10. The highest BCUT2D eigenvalue weighted by Gasteiger charge is 2.38. The van der Waals surface area contributed by atoms with Crippen molar-refractivity contribution in [3.8, 4) is 0 Å². The van der Waals surface area contributed by atoms with Gasteiger partial charge in [0.05, 0.1) is 5.25 Å². The van der Waals surface area contributed by atoms with Crippen molar-refractivity contribution in [3.63, 3.8) is 0 Å². The lowest BCUT2D eigenvalue weighted by molar-refractivity contribution is 0.425. The van der Waals surface area contributed by atoms with E-state index in [0.29, 0.717) is 13.1 Å². The van der Waals surface area contributed by atoms with Gasteiger partial charge >= 0.3 is 0 Å². The van der Waals surface area contributed by atoms with Gasteiger partial charge in [0, 0.05) is 30.9 Å². The van der Waals surface area contributed by atoms with Crippen molar-refractivity contribution in [2.75, 3.05) is 13.1 Å². The topological polar surface area (TPSA) is 63.2 Å². The zero-order valence-electron chi connectivity index (χ0n) is 12.5. The van der Waals surface area contributed by atoms with Gasteiger partial charge in [-0.1, -0.05) is 19.3 Å². The zero-order valence-corrected chi connectivity index (χ0v) is 13.3. The van der Waals surface area contributed by atoms with E-state index in [1.807, 2.05) is 13.0 Å². The number of rotatable bonds is 3. The summed E-state index contributed by atoms with van der Waals surface area (Å²) in [5.41, 5.74) is 0.939. The van der Waals surface area contributed by atoms with Gasteiger partial charge in [0.25, 0.3) is 0 Å². The summed E-state index contributed by atoms with van der Waals surface area (Å²) >= 11 is 0. The summed E-state index contributed by atoms with van der Waals surface area (Å²) in [5.74, 6) is 0.930. The molecule has 1 aromatic heterocycles. The lowest BCUT2D eigenvalue weighted by atomic mass is 10.0. The number of hydrogen-bond acceptors (Lipinski definition) is 4. The van der Waals surface area contributed by atoms with E-state index in [-0.39, 0.29) is 11.2 Å². The maximum Gasteiger partial charge on any atom is 0.217 e. The second-order valence-corrected chi connectivity index (χ2v) is 8.42. The van der Waals surface area contributed by atoms with Crippen LogP contribution in [0.2, 0.25) is 0 Å². The van der Waals surface area contributed by atoms with Crippen LogP contribution in [0.4, 0.5) is 0 Å². The summed E-state index contributed by atoms with van der Waals surface area (Å²) < 4.78 is 27.1. The van der Waals surface area contributed by atoms with Crippen LogP contribution in [-0.2, 0) is 10.0 Å². The molecule has 1 aliphatic heterocycles. The molecule has 0 N–H and O–H groups in total. The maximum absolute atomic E-state index is 12.7. The third kappa shape index (κ3) is 3.11. The van der Waals surface area contributed by atoms with Crippen molar-refractivity contribution < 1.29 is 8.42 Å². The van der Waals surface area contributed by atoms with Crippen molar-refractivity contribution in [1.82, 2.24) is 14.3 Å². The normalized spacial score (nSPS) is 25.3. The molecular formula is C15H23N3O2S. The van der Waals surface area contributed by atoms with Gasteiger partial charge in [-0.25, -0.2) is 22.7 Å². The average Bonchev–Trinajstić information content (AvgIpc) is 2.99. The van der Waals surface area contributed by atoms with Crippen LogP contribution in [0.25, 0.3) is 0 Å². The molecule has 2 aliphatic rings. The smallest absolute Gasteiger partial charge is 0.217 e. The molecule has 1 saturated carbocycles. The molecule has 0 amide bonds. The third-order valence-electron chi connectivity index (χ3n) is 4.66. The highest BCUT2D eigenvalue weighted by atomic mass is 32.2. The first kappa shape index (κ1) is 14.9. The molecule has 2 heterocycles. The van der Waals surface area contributed by atoms with E-state index < -0.39 is 10.0 Å². The van der Waals surface area contributed by atoms with Crippen molar-refractivity contribution >= 4 is 10.0 Å². The van der Waals surface area contributed by atoms with Crippen LogP contribution in [0.1, 0.15) is 56.0 Å². The molecule has 116 valence electrons. The van der Waals surface area contributed by atoms with Crippen LogP contribution in [-0.4, -0.2) is 41.0 Å². The number of aromatic nitrogens is 2. The molecule has 1 aromatic rings. The Morgan fingerprint density at radius 3 is 2.67 bits per heavy atom. The van der Waals surface area contributed by atoms with Gasteiger partial charge in [0.1, 0.15) is 5.82 Å². The SMILES string of the molecule is Cc1ccnc([C@@H]2CCN(S(=O)(=O)C3CCCCC3)C2)n1. The third-order valence-corrected chi connectivity index (χ3v) is 7.03. The minimum absolute atomic E-state index is 0.142. The monoisotopic (exact) mass is 309 g/mol. The Hall–Kier alpha value is -1.01. The lowest BCUT2D eigenvalue weighted by Crippen LogP contribution is -2.38. The largest absolute Gasteiger partial charge is 0.241 e. The molecule has 0 spiro atoms. The lowest BCUT2D eigenvalue weighted by Gasteiger charge is -2.26. The van der Waals surface area contributed by atoms with E-state index in [1.165, 1.54) is 6.42 Å². The second-order valence-electron chi connectivity index (χ2n) is 6.20. The van der Waals surface area contributed by atoms with Crippen molar-refractivity contribution in [2.24, 2.45) is 0 Å². The maximum atomic E-state index is 12.7. The van der Waals surface area contributed by atoms with Crippen LogP contribution < -0.4 is 0 Å². The highest BCUT2D eigenvalue weighted by molar-refractivity contribution is 7.89. The van der Waals surface area contributed by atoms with Crippen molar-refractivity contribution in [1.29, 1.82) is 0 Å². The molecule has 6 heteroatoms. The van der Waals surface area contributed by atoms with Gasteiger partial charge in [0.2, 0.25) is 10.0 Å². The number of nitrogens with zero attached hydrogens (tertiary/aromatic N) is 3. The van der Waals surface area contributed by atoms with Crippen LogP contribution >= 0.6 is 0 Å². The van der Waals surface area contributed by atoms with Gasteiger partial charge in [-0.05, 0) is 32.3 Å². The molecule has 1 saturated heterocycles. The van der Waals surface area contributed by atoms with Crippen LogP contribution in [0.15, 0.2) is 12.3 Å². The van der Waals surface area contributed by atoms with E-state index in [4.69, 9.17) is 0 Å². The Morgan fingerprint density at radius 1 is 1.19 bits per heavy atom. The minimum Gasteiger partial charge on any atom is -0.241 e. The summed E-state index contributed by atoms with van der Waals surface area (Å²) in [5, 5.41) is -0.163. The molecule has 0 aromatic carbocycles. The Bertz CT molecular complexity index is 597. The first-order valence-electron chi connectivity index (χ1n) is 7.86. The minimum atomic E-state index is -3.14. The number of aryl methyl sites for hydroxylation is 1. The fourth-order valence-electron chi connectivity index (χ4n) is 3.41. The van der Waals surface area contributed by atoms with Gasteiger partial charge in [0.15, 0.2) is 0 Å². The molecule has 1 atom stereocenters. The molecular weight excluding hydrogens is 286 g/mol.